The highest BCUT2D eigenvalue weighted by atomic mass is 16.5. The summed E-state index contributed by atoms with van der Waals surface area (Å²) in [7, 11) is 0. The molecule has 1 aliphatic heterocycles. The number of aromatic hydroxyl groups is 2. The van der Waals surface area contributed by atoms with E-state index in [1.54, 1.807) is 20.8 Å². The average molecular weight is 753 g/mol. The van der Waals surface area contributed by atoms with E-state index in [4.69, 9.17) is 4.74 Å². The fourth-order valence-electron chi connectivity index (χ4n) is 7.61. The Balaban J connectivity index is 1.92. The lowest BCUT2D eigenvalue weighted by molar-refractivity contribution is -0.150. The summed E-state index contributed by atoms with van der Waals surface area (Å²) >= 11 is 0. The number of hydrogen-bond acceptors (Lipinski definition) is 7. The van der Waals surface area contributed by atoms with Crippen LogP contribution in [-0.4, -0.2) is 43.8 Å². The van der Waals surface area contributed by atoms with Crippen molar-refractivity contribution in [2.45, 2.75) is 140 Å². The molecule has 4 amide bonds. The third kappa shape index (κ3) is 8.21. The first kappa shape index (κ1) is 42.8. The third-order valence-corrected chi connectivity index (χ3v) is 11.1. The van der Waals surface area contributed by atoms with Gasteiger partial charge in [0, 0.05) is 11.6 Å². The van der Waals surface area contributed by atoms with Gasteiger partial charge in [-0.05, 0) is 125 Å². The lowest BCUT2D eigenvalue weighted by Crippen LogP contribution is -2.59. The van der Waals surface area contributed by atoms with E-state index >= 15 is 0 Å². The molecule has 0 bridgehead atoms. The van der Waals surface area contributed by atoms with Crippen molar-refractivity contribution in [3.05, 3.63) is 97.6 Å². The largest absolute Gasteiger partial charge is 0.507 e. The summed E-state index contributed by atoms with van der Waals surface area (Å²) in [6.45, 7) is 32.3. The highest BCUT2D eigenvalue weighted by Gasteiger charge is 2.47. The molecule has 1 heterocycles. The molecule has 0 saturated carbocycles. The molecule has 0 spiro atoms. The van der Waals surface area contributed by atoms with Gasteiger partial charge in [0.1, 0.15) is 23.2 Å². The Labute approximate surface area is 327 Å². The van der Waals surface area contributed by atoms with Crippen molar-refractivity contribution in [2.24, 2.45) is 5.92 Å². The number of esters is 1. The van der Waals surface area contributed by atoms with E-state index in [0.29, 0.717) is 39.1 Å². The van der Waals surface area contributed by atoms with Crippen LogP contribution >= 0.6 is 0 Å². The third-order valence-electron chi connectivity index (χ3n) is 11.1. The van der Waals surface area contributed by atoms with Crippen LogP contribution in [-0.2, 0) is 50.1 Å². The minimum Gasteiger partial charge on any atom is -0.507 e. The zero-order valence-corrected chi connectivity index (χ0v) is 35.5. The number of ether oxygens (including phenoxy) is 1. The summed E-state index contributed by atoms with van der Waals surface area (Å²) in [5.41, 5.74) is 7.16. The predicted octanol–water partition coefficient (Wildman–Crippen LogP) is 9.28. The Kier molecular flexibility index (Phi) is 11.6. The van der Waals surface area contributed by atoms with E-state index in [1.165, 1.54) is 0 Å². The number of barbiturate groups is 1. The Bertz CT molecular complexity index is 2010. The van der Waals surface area contributed by atoms with E-state index in [-0.39, 0.29) is 41.8 Å². The maximum absolute atomic E-state index is 14.6. The van der Waals surface area contributed by atoms with Gasteiger partial charge in [-0.15, -0.1) is 0 Å². The van der Waals surface area contributed by atoms with Crippen LogP contribution in [0.15, 0.2) is 30.9 Å². The van der Waals surface area contributed by atoms with Gasteiger partial charge in [0.25, 0.3) is 0 Å². The Morgan fingerprint density at radius 2 is 1.02 bits per heavy atom. The minimum atomic E-state index is -1.30. The van der Waals surface area contributed by atoms with Crippen molar-refractivity contribution in [3.8, 4) is 17.2 Å². The molecule has 1 saturated heterocycles. The molecule has 1 fully saturated rings. The molecule has 0 aliphatic carbocycles. The van der Waals surface area contributed by atoms with E-state index in [2.05, 4.69) is 6.58 Å². The number of phenols is 2. The fraction of sp³-hybridized carbons (Fsp3) is 0.478. The van der Waals surface area contributed by atoms with Crippen LogP contribution < -0.4 is 4.74 Å². The average Bonchev–Trinajstić information content (AvgIpc) is 3.06. The van der Waals surface area contributed by atoms with Gasteiger partial charge in [0.2, 0.25) is 11.8 Å². The number of carbonyl (C=O) groups is 4. The summed E-state index contributed by atoms with van der Waals surface area (Å²) in [4.78, 5) is 58.6. The second-order valence-electron chi connectivity index (χ2n) is 18.3. The molecular weight excluding hydrogens is 693 g/mol. The molecule has 2 N–H and O–H groups in total. The van der Waals surface area contributed by atoms with Crippen LogP contribution in [0.4, 0.5) is 4.79 Å². The Morgan fingerprint density at radius 3 is 1.38 bits per heavy atom. The highest BCUT2D eigenvalue weighted by Crippen LogP contribution is 2.42. The van der Waals surface area contributed by atoms with Crippen LogP contribution in [0.2, 0.25) is 0 Å². The van der Waals surface area contributed by atoms with Gasteiger partial charge in [-0.3, -0.25) is 19.4 Å². The zero-order chi connectivity index (χ0) is 41.9. The van der Waals surface area contributed by atoms with Gasteiger partial charge in [0.15, 0.2) is 0 Å². The lowest BCUT2D eigenvalue weighted by atomic mass is 9.80. The van der Waals surface area contributed by atoms with Gasteiger partial charge < -0.3 is 14.9 Å². The molecule has 4 rings (SSSR count). The highest BCUT2D eigenvalue weighted by molar-refractivity contribution is 6.16. The maximum atomic E-state index is 14.6. The van der Waals surface area contributed by atoms with E-state index < -0.39 is 35.1 Å². The lowest BCUT2D eigenvalue weighted by Gasteiger charge is -2.38. The van der Waals surface area contributed by atoms with Gasteiger partial charge >= 0.3 is 12.0 Å². The first-order chi connectivity index (χ1) is 25.1. The van der Waals surface area contributed by atoms with Crippen molar-refractivity contribution >= 4 is 23.8 Å². The topological polar surface area (TPSA) is 124 Å². The van der Waals surface area contributed by atoms with Gasteiger partial charge in [-0.2, -0.15) is 0 Å². The van der Waals surface area contributed by atoms with Crippen molar-refractivity contribution in [1.29, 1.82) is 0 Å². The van der Waals surface area contributed by atoms with Crippen LogP contribution in [0.25, 0.3) is 0 Å². The van der Waals surface area contributed by atoms with Crippen LogP contribution in [0.5, 0.6) is 17.2 Å². The van der Waals surface area contributed by atoms with Gasteiger partial charge in [0.05, 0.1) is 13.1 Å². The monoisotopic (exact) mass is 752 g/mol. The molecule has 3 aromatic carbocycles. The van der Waals surface area contributed by atoms with Gasteiger partial charge in [-0.1, -0.05) is 87.1 Å². The SMILES string of the molecule is C=CC(=O)Oc1c(C(C)(C)C)cc(C)c(CC2C(=O)N(Cc3c(C)cc(C(C)(C)C)c(O)c3C)C(=O)N(Cc3c(C)cc(C(C)(C)C)c(O)c3C)C2=O)c1C. The molecule has 296 valence electrons. The molecule has 0 radical (unpaired) electrons. The number of aryl methyl sites for hydroxylation is 3. The fourth-order valence-corrected chi connectivity index (χ4v) is 7.61. The number of amides is 4. The number of carbonyl (C=O) groups excluding carboxylic acids is 4. The summed E-state index contributed by atoms with van der Waals surface area (Å²) in [6, 6.07) is 4.92. The first-order valence-corrected chi connectivity index (χ1v) is 18.9. The van der Waals surface area contributed by atoms with E-state index in [1.807, 2.05) is 101 Å². The smallest absolute Gasteiger partial charge is 0.335 e. The molecule has 3 aromatic rings. The minimum absolute atomic E-state index is 0.0585. The Morgan fingerprint density at radius 1 is 0.655 bits per heavy atom. The molecule has 9 heteroatoms. The first-order valence-electron chi connectivity index (χ1n) is 18.9. The molecule has 0 atom stereocenters. The van der Waals surface area contributed by atoms with E-state index in [0.717, 1.165) is 49.3 Å². The number of imide groups is 2. The number of benzene rings is 3. The van der Waals surface area contributed by atoms with Crippen LogP contribution in [0.1, 0.15) is 129 Å². The summed E-state index contributed by atoms with van der Waals surface area (Å²) < 4.78 is 5.80. The number of phenolic OH excluding ortho intramolecular Hbond substituents is 2. The number of urea groups is 1. The standard InChI is InChI=1S/C46H60N2O7/c1-17-37(49)55-40-29(7)30(24(2)20-36(40)46(14,15)16)21-31-41(52)47(22-32-25(3)18-34(44(8,9)10)38(50)27(32)5)43(54)48(42(31)53)23-33-26(4)19-35(45(11,12)13)39(51)28(33)6/h17-20,31,50-51H,1,21-23H2,2-16H3. The van der Waals surface area contributed by atoms with Crippen molar-refractivity contribution < 1.29 is 34.1 Å². The number of rotatable bonds is 8. The normalized spacial score (nSPS) is 14.6. The van der Waals surface area contributed by atoms with Crippen molar-refractivity contribution in [1.82, 2.24) is 9.80 Å². The molecule has 9 nitrogen and oxygen atoms in total. The zero-order valence-electron chi connectivity index (χ0n) is 35.5. The summed E-state index contributed by atoms with van der Waals surface area (Å²) in [5.74, 6) is -2.71. The second-order valence-corrected chi connectivity index (χ2v) is 18.3. The van der Waals surface area contributed by atoms with Crippen LogP contribution in [0.3, 0.4) is 0 Å². The van der Waals surface area contributed by atoms with Crippen molar-refractivity contribution in [2.75, 3.05) is 0 Å². The number of nitrogens with zero attached hydrogens (tertiary/aromatic N) is 2. The van der Waals surface area contributed by atoms with Gasteiger partial charge in [-0.25, -0.2) is 9.59 Å². The molecule has 55 heavy (non-hydrogen) atoms. The van der Waals surface area contributed by atoms with Crippen LogP contribution in [0, 0.1) is 47.5 Å². The predicted molar refractivity (Wildman–Crippen MR) is 217 cm³/mol. The summed E-state index contributed by atoms with van der Waals surface area (Å²) in [6.07, 6.45) is 1.03. The molecular formula is C46H60N2O7. The van der Waals surface area contributed by atoms with E-state index in [9.17, 15) is 29.4 Å². The van der Waals surface area contributed by atoms with Crippen molar-refractivity contribution in [3.63, 3.8) is 0 Å². The summed E-state index contributed by atoms with van der Waals surface area (Å²) in [5, 5.41) is 22.7. The number of hydrogen-bond donors (Lipinski definition) is 2. The maximum Gasteiger partial charge on any atom is 0.335 e. The molecule has 0 unspecified atom stereocenters. The molecule has 1 aliphatic rings. The second kappa shape index (κ2) is 15.0. The molecule has 0 aromatic heterocycles. The quantitative estimate of drug-likeness (QED) is 0.102. The Hall–Kier alpha value is -4.92.